The topological polar surface area (TPSA) is 85.7 Å². The molecule has 2 aromatic rings. The molecule has 90 valence electrons. The van der Waals surface area contributed by atoms with E-state index in [0.717, 1.165) is 0 Å². The van der Waals surface area contributed by atoms with Crippen LogP contribution in [0, 0.1) is 18.3 Å². The first-order valence-corrected chi connectivity index (χ1v) is 5.29. The van der Waals surface area contributed by atoms with Crippen molar-refractivity contribution in [1.29, 1.82) is 5.26 Å². The Hall–Kier alpha value is -2.68. The number of hydrogen-bond acceptors (Lipinski definition) is 4. The van der Waals surface area contributed by atoms with Gasteiger partial charge in [-0.15, -0.1) is 5.10 Å². The summed E-state index contributed by atoms with van der Waals surface area (Å²) in [4.78, 5) is 17.4. The van der Waals surface area contributed by atoms with Crippen LogP contribution in [0.15, 0.2) is 24.3 Å². The number of carbonyl (C=O) groups excluding carboxylic acids is 1. The van der Waals surface area contributed by atoms with E-state index >= 15 is 0 Å². The molecule has 1 aromatic heterocycles. The van der Waals surface area contributed by atoms with Crippen molar-refractivity contribution in [3.8, 4) is 6.07 Å². The normalized spacial score (nSPS) is 9.83. The number of benzene rings is 1. The van der Waals surface area contributed by atoms with Crippen LogP contribution in [0.25, 0.3) is 0 Å². The van der Waals surface area contributed by atoms with E-state index in [4.69, 9.17) is 5.26 Å². The summed E-state index contributed by atoms with van der Waals surface area (Å²) < 4.78 is 0. The van der Waals surface area contributed by atoms with Crippen molar-refractivity contribution in [2.24, 2.45) is 0 Å². The second-order valence-corrected chi connectivity index (χ2v) is 3.77. The van der Waals surface area contributed by atoms with Crippen molar-refractivity contribution in [2.45, 2.75) is 6.92 Å². The highest BCUT2D eigenvalue weighted by atomic mass is 16.2. The van der Waals surface area contributed by atoms with Crippen molar-refractivity contribution in [2.75, 3.05) is 11.9 Å². The lowest BCUT2D eigenvalue weighted by Gasteiger charge is -2.15. The minimum Gasteiger partial charge on any atom is -0.309 e. The molecule has 0 aliphatic carbocycles. The summed E-state index contributed by atoms with van der Waals surface area (Å²) in [6, 6.07) is 8.74. The van der Waals surface area contributed by atoms with Crippen molar-refractivity contribution >= 4 is 11.6 Å². The third-order valence-electron chi connectivity index (χ3n) is 2.48. The molecule has 0 unspecified atom stereocenters. The van der Waals surface area contributed by atoms with E-state index < -0.39 is 0 Å². The predicted molar refractivity (Wildman–Crippen MR) is 65.0 cm³/mol. The van der Waals surface area contributed by atoms with Gasteiger partial charge in [-0.2, -0.15) is 5.26 Å². The molecule has 1 amide bonds. The van der Waals surface area contributed by atoms with Crippen LogP contribution in [0.3, 0.4) is 0 Å². The molecule has 0 fully saturated rings. The first-order valence-electron chi connectivity index (χ1n) is 5.29. The predicted octanol–water partition coefficient (Wildman–Crippen LogP) is 1.26. The number of aromatic nitrogens is 3. The fourth-order valence-electron chi connectivity index (χ4n) is 1.47. The number of aryl methyl sites for hydroxylation is 1. The van der Waals surface area contributed by atoms with E-state index in [0.29, 0.717) is 17.1 Å². The van der Waals surface area contributed by atoms with Crippen molar-refractivity contribution in [1.82, 2.24) is 15.2 Å². The molecule has 1 N–H and O–H groups in total. The number of H-pyrrole nitrogens is 1. The van der Waals surface area contributed by atoms with Crippen LogP contribution < -0.4 is 4.90 Å². The summed E-state index contributed by atoms with van der Waals surface area (Å²) in [6.07, 6.45) is 0. The number of anilines is 1. The van der Waals surface area contributed by atoms with Gasteiger partial charge in [-0.25, -0.2) is 4.98 Å². The zero-order valence-corrected chi connectivity index (χ0v) is 10.0. The second-order valence-electron chi connectivity index (χ2n) is 3.77. The molecule has 0 atom stereocenters. The minimum atomic E-state index is -0.302. The molecule has 0 aliphatic rings. The van der Waals surface area contributed by atoms with Crippen LogP contribution in [0.5, 0.6) is 0 Å². The average Bonchev–Trinajstić information content (AvgIpc) is 2.84. The van der Waals surface area contributed by atoms with Gasteiger partial charge in [0, 0.05) is 12.7 Å². The van der Waals surface area contributed by atoms with Crippen molar-refractivity contribution in [3.05, 3.63) is 41.5 Å². The van der Waals surface area contributed by atoms with Gasteiger partial charge in [0.05, 0.1) is 11.6 Å². The van der Waals surface area contributed by atoms with E-state index in [2.05, 4.69) is 15.2 Å². The van der Waals surface area contributed by atoms with Crippen LogP contribution in [0.1, 0.15) is 22.0 Å². The quantitative estimate of drug-likeness (QED) is 0.857. The molecule has 6 nitrogen and oxygen atoms in total. The number of hydrogen-bond donors (Lipinski definition) is 1. The largest absolute Gasteiger partial charge is 0.309 e. The smallest absolute Gasteiger partial charge is 0.297 e. The SMILES string of the molecule is Cc1nc(C(=O)N(C)c2ccc(C#N)cc2)n[nH]1. The molecular formula is C12H11N5O. The second kappa shape index (κ2) is 4.67. The highest BCUT2D eigenvalue weighted by Gasteiger charge is 2.17. The van der Waals surface area contributed by atoms with Gasteiger partial charge in [-0.05, 0) is 31.2 Å². The lowest BCUT2D eigenvalue weighted by atomic mass is 10.2. The molecule has 6 heteroatoms. The fourth-order valence-corrected chi connectivity index (χ4v) is 1.47. The van der Waals surface area contributed by atoms with Gasteiger partial charge in [0.15, 0.2) is 0 Å². The van der Waals surface area contributed by atoms with E-state index in [9.17, 15) is 4.79 Å². The molecule has 0 saturated heterocycles. The van der Waals surface area contributed by atoms with Crippen LogP contribution in [-0.4, -0.2) is 28.1 Å². The number of carbonyl (C=O) groups is 1. The number of rotatable bonds is 2. The molecule has 1 aromatic carbocycles. The number of nitrogens with one attached hydrogen (secondary N) is 1. The Bertz CT molecular complexity index is 608. The summed E-state index contributed by atoms with van der Waals surface area (Å²) in [5, 5.41) is 15.1. The minimum absolute atomic E-state index is 0.124. The van der Waals surface area contributed by atoms with Crippen LogP contribution in [0.2, 0.25) is 0 Å². The Kier molecular flexibility index (Phi) is 3.06. The lowest BCUT2D eigenvalue weighted by molar-refractivity contribution is 0.0983. The maximum atomic E-state index is 12.0. The molecular weight excluding hydrogens is 230 g/mol. The van der Waals surface area contributed by atoms with Gasteiger partial charge in [-0.3, -0.25) is 9.89 Å². The Balaban J connectivity index is 2.23. The molecule has 2 rings (SSSR count). The fraction of sp³-hybridized carbons (Fsp3) is 0.167. The van der Waals surface area contributed by atoms with Gasteiger partial charge < -0.3 is 4.90 Å². The van der Waals surface area contributed by atoms with Crippen LogP contribution in [0.4, 0.5) is 5.69 Å². The maximum Gasteiger partial charge on any atom is 0.297 e. The number of nitrogens with zero attached hydrogens (tertiary/aromatic N) is 4. The van der Waals surface area contributed by atoms with Gasteiger partial charge in [0.1, 0.15) is 5.82 Å². The van der Waals surface area contributed by atoms with E-state index in [-0.39, 0.29) is 11.7 Å². The number of amides is 1. The molecule has 18 heavy (non-hydrogen) atoms. The summed E-state index contributed by atoms with van der Waals surface area (Å²) in [6.45, 7) is 1.73. The summed E-state index contributed by atoms with van der Waals surface area (Å²) in [5.41, 5.74) is 1.23. The zero-order valence-electron chi connectivity index (χ0n) is 10.0. The molecule has 0 aliphatic heterocycles. The van der Waals surface area contributed by atoms with Crippen molar-refractivity contribution in [3.63, 3.8) is 0 Å². The van der Waals surface area contributed by atoms with E-state index in [1.165, 1.54) is 4.90 Å². The molecule has 0 bridgehead atoms. The van der Waals surface area contributed by atoms with Crippen LogP contribution >= 0.6 is 0 Å². The standard InChI is InChI=1S/C12H11N5O/c1-8-14-11(16-15-8)12(18)17(2)10-5-3-9(7-13)4-6-10/h3-6H,1-2H3,(H,14,15,16). The maximum absolute atomic E-state index is 12.0. The monoisotopic (exact) mass is 241 g/mol. The highest BCUT2D eigenvalue weighted by molar-refractivity contribution is 6.03. The molecule has 0 radical (unpaired) electrons. The van der Waals surface area contributed by atoms with E-state index in [1.807, 2.05) is 6.07 Å². The molecule has 0 spiro atoms. The average molecular weight is 241 g/mol. The summed E-state index contributed by atoms with van der Waals surface area (Å²) in [7, 11) is 1.63. The Morgan fingerprint density at radius 1 is 1.39 bits per heavy atom. The lowest BCUT2D eigenvalue weighted by Crippen LogP contribution is -2.27. The third kappa shape index (κ3) is 2.20. The van der Waals surface area contributed by atoms with Gasteiger partial charge >= 0.3 is 0 Å². The van der Waals surface area contributed by atoms with Gasteiger partial charge in [0.25, 0.3) is 5.91 Å². The first-order chi connectivity index (χ1) is 8.61. The summed E-state index contributed by atoms with van der Waals surface area (Å²) >= 11 is 0. The number of aromatic amines is 1. The highest BCUT2D eigenvalue weighted by Crippen LogP contribution is 2.15. The number of nitriles is 1. The Labute approximate surface area is 104 Å². The first kappa shape index (κ1) is 11.8. The van der Waals surface area contributed by atoms with Crippen LogP contribution in [-0.2, 0) is 0 Å². The third-order valence-corrected chi connectivity index (χ3v) is 2.48. The molecule has 0 saturated carbocycles. The van der Waals surface area contributed by atoms with Crippen molar-refractivity contribution < 1.29 is 4.79 Å². The zero-order chi connectivity index (χ0) is 13.1. The van der Waals surface area contributed by atoms with Gasteiger partial charge in [0.2, 0.25) is 5.82 Å². The van der Waals surface area contributed by atoms with Gasteiger partial charge in [-0.1, -0.05) is 0 Å². The molecule has 1 heterocycles. The van der Waals surface area contributed by atoms with E-state index in [1.54, 1.807) is 38.2 Å². The summed E-state index contributed by atoms with van der Waals surface area (Å²) in [5.74, 6) is 0.412. The Morgan fingerprint density at radius 2 is 2.06 bits per heavy atom. The Morgan fingerprint density at radius 3 is 2.56 bits per heavy atom.